The molecule has 20 heavy (non-hydrogen) atoms. The van der Waals surface area contributed by atoms with Crippen LogP contribution in [-0.4, -0.2) is 48.6 Å². The SMILES string of the molecule is C=CCNC(=O)C(C)N1CCCC(CNC(C)(C)C)C1. The molecule has 1 saturated heterocycles. The van der Waals surface area contributed by atoms with Crippen molar-refractivity contribution in [1.29, 1.82) is 0 Å². The smallest absolute Gasteiger partial charge is 0.237 e. The summed E-state index contributed by atoms with van der Waals surface area (Å²) in [5, 5.41) is 6.46. The second kappa shape index (κ2) is 7.79. The molecule has 1 amide bonds. The Balaban J connectivity index is 2.43. The number of likely N-dealkylation sites (tertiary alicyclic amines) is 1. The maximum Gasteiger partial charge on any atom is 0.237 e. The maximum absolute atomic E-state index is 12.0. The molecular weight excluding hydrogens is 250 g/mol. The highest BCUT2D eigenvalue weighted by atomic mass is 16.2. The Kier molecular flexibility index (Phi) is 6.69. The summed E-state index contributed by atoms with van der Waals surface area (Å²) < 4.78 is 0. The van der Waals surface area contributed by atoms with Crippen molar-refractivity contribution in [2.75, 3.05) is 26.2 Å². The Morgan fingerprint density at radius 1 is 1.50 bits per heavy atom. The first-order chi connectivity index (χ1) is 9.33. The van der Waals surface area contributed by atoms with Crippen molar-refractivity contribution in [2.24, 2.45) is 5.92 Å². The molecule has 1 fully saturated rings. The van der Waals surface area contributed by atoms with Crippen molar-refractivity contribution in [2.45, 2.75) is 52.1 Å². The lowest BCUT2D eigenvalue weighted by Crippen LogP contribution is -2.51. The van der Waals surface area contributed by atoms with Gasteiger partial charge < -0.3 is 10.6 Å². The number of amides is 1. The second-order valence-corrected chi connectivity index (χ2v) is 6.84. The van der Waals surface area contributed by atoms with Crippen LogP contribution >= 0.6 is 0 Å². The van der Waals surface area contributed by atoms with Crippen molar-refractivity contribution >= 4 is 5.91 Å². The number of hydrogen-bond acceptors (Lipinski definition) is 3. The molecule has 0 aromatic heterocycles. The van der Waals surface area contributed by atoms with Crippen LogP contribution in [0.4, 0.5) is 0 Å². The number of nitrogens with one attached hydrogen (secondary N) is 2. The minimum atomic E-state index is -0.0487. The molecular formula is C16H31N3O. The van der Waals surface area contributed by atoms with Gasteiger partial charge in [-0.1, -0.05) is 6.08 Å². The summed E-state index contributed by atoms with van der Waals surface area (Å²) in [6.45, 7) is 15.8. The van der Waals surface area contributed by atoms with E-state index in [0.29, 0.717) is 12.5 Å². The highest BCUT2D eigenvalue weighted by molar-refractivity contribution is 5.81. The molecule has 0 aliphatic carbocycles. The Labute approximate surface area is 124 Å². The monoisotopic (exact) mass is 281 g/mol. The number of piperidine rings is 1. The molecule has 1 aliphatic rings. The first kappa shape index (κ1) is 17.2. The summed E-state index contributed by atoms with van der Waals surface area (Å²) in [5.41, 5.74) is 0.162. The van der Waals surface area contributed by atoms with Gasteiger partial charge in [-0.05, 0) is 59.5 Å². The minimum absolute atomic E-state index is 0.0487. The van der Waals surface area contributed by atoms with Crippen molar-refractivity contribution in [3.8, 4) is 0 Å². The van der Waals surface area contributed by atoms with Crippen LogP contribution in [0.2, 0.25) is 0 Å². The quantitative estimate of drug-likeness (QED) is 0.729. The van der Waals surface area contributed by atoms with Gasteiger partial charge in [0, 0.05) is 18.6 Å². The third-order valence-electron chi connectivity index (χ3n) is 3.82. The topological polar surface area (TPSA) is 44.4 Å². The maximum atomic E-state index is 12.0. The second-order valence-electron chi connectivity index (χ2n) is 6.84. The van der Waals surface area contributed by atoms with E-state index in [1.54, 1.807) is 6.08 Å². The van der Waals surface area contributed by atoms with Gasteiger partial charge in [-0.15, -0.1) is 6.58 Å². The normalized spacial score (nSPS) is 22.3. The molecule has 4 nitrogen and oxygen atoms in total. The molecule has 1 heterocycles. The zero-order valence-electron chi connectivity index (χ0n) is 13.5. The van der Waals surface area contributed by atoms with Gasteiger partial charge in [-0.25, -0.2) is 0 Å². The highest BCUT2D eigenvalue weighted by Crippen LogP contribution is 2.18. The Morgan fingerprint density at radius 2 is 2.20 bits per heavy atom. The number of rotatable bonds is 6. The summed E-state index contributed by atoms with van der Waals surface area (Å²) in [5.74, 6) is 0.743. The van der Waals surface area contributed by atoms with Crippen LogP contribution in [0.5, 0.6) is 0 Å². The zero-order chi connectivity index (χ0) is 15.2. The van der Waals surface area contributed by atoms with E-state index >= 15 is 0 Å². The highest BCUT2D eigenvalue weighted by Gasteiger charge is 2.27. The van der Waals surface area contributed by atoms with Crippen molar-refractivity contribution in [1.82, 2.24) is 15.5 Å². The van der Waals surface area contributed by atoms with Crippen LogP contribution in [0.1, 0.15) is 40.5 Å². The molecule has 0 aromatic carbocycles. The summed E-state index contributed by atoms with van der Waals surface area (Å²) in [6, 6.07) is -0.0487. The third-order valence-corrected chi connectivity index (χ3v) is 3.82. The summed E-state index contributed by atoms with van der Waals surface area (Å²) in [4.78, 5) is 14.3. The van der Waals surface area contributed by atoms with E-state index in [2.05, 4.69) is 42.9 Å². The van der Waals surface area contributed by atoms with Gasteiger partial charge in [-0.3, -0.25) is 9.69 Å². The van der Waals surface area contributed by atoms with Crippen molar-refractivity contribution < 1.29 is 4.79 Å². The summed E-state index contributed by atoms with van der Waals surface area (Å²) in [6.07, 6.45) is 4.15. The predicted molar refractivity (Wildman–Crippen MR) is 84.7 cm³/mol. The molecule has 4 heteroatoms. The average Bonchev–Trinajstić information content (AvgIpc) is 2.41. The third kappa shape index (κ3) is 6.06. The molecule has 2 atom stereocenters. The molecule has 2 unspecified atom stereocenters. The molecule has 0 bridgehead atoms. The van der Waals surface area contributed by atoms with Gasteiger partial charge in [0.2, 0.25) is 5.91 Å². The number of hydrogen-bond donors (Lipinski definition) is 2. The van der Waals surface area contributed by atoms with Gasteiger partial charge in [0.1, 0.15) is 0 Å². The van der Waals surface area contributed by atoms with Gasteiger partial charge in [-0.2, -0.15) is 0 Å². The fourth-order valence-electron chi connectivity index (χ4n) is 2.55. The number of carbonyl (C=O) groups excluding carboxylic acids is 1. The fraction of sp³-hybridized carbons (Fsp3) is 0.812. The first-order valence-corrected chi connectivity index (χ1v) is 7.71. The molecule has 0 radical (unpaired) electrons. The molecule has 0 aromatic rings. The van der Waals surface area contributed by atoms with Crippen LogP contribution in [0, 0.1) is 5.92 Å². The first-order valence-electron chi connectivity index (χ1n) is 7.71. The summed E-state index contributed by atoms with van der Waals surface area (Å²) >= 11 is 0. The van der Waals surface area contributed by atoms with E-state index in [4.69, 9.17) is 0 Å². The molecule has 0 saturated carbocycles. The van der Waals surface area contributed by atoms with E-state index in [1.807, 2.05) is 6.92 Å². The summed E-state index contributed by atoms with van der Waals surface area (Å²) in [7, 11) is 0. The van der Waals surface area contributed by atoms with Crippen LogP contribution in [-0.2, 0) is 4.79 Å². The van der Waals surface area contributed by atoms with Crippen LogP contribution < -0.4 is 10.6 Å². The fourth-order valence-corrected chi connectivity index (χ4v) is 2.55. The van der Waals surface area contributed by atoms with Crippen LogP contribution in [0.15, 0.2) is 12.7 Å². The van der Waals surface area contributed by atoms with E-state index < -0.39 is 0 Å². The molecule has 0 spiro atoms. The Hall–Kier alpha value is -0.870. The number of carbonyl (C=O) groups is 1. The number of nitrogens with zero attached hydrogens (tertiary/aromatic N) is 1. The lowest BCUT2D eigenvalue weighted by molar-refractivity contribution is -0.126. The molecule has 2 N–H and O–H groups in total. The van der Waals surface area contributed by atoms with Gasteiger partial charge in [0.15, 0.2) is 0 Å². The van der Waals surface area contributed by atoms with E-state index in [0.717, 1.165) is 19.6 Å². The Morgan fingerprint density at radius 3 is 2.80 bits per heavy atom. The largest absolute Gasteiger partial charge is 0.351 e. The minimum Gasteiger partial charge on any atom is -0.351 e. The molecule has 1 aliphatic heterocycles. The predicted octanol–water partition coefficient (Wildman–Crippen LogP) is 1.78. The van der Waals surface area contributed by atoms with Gasteiger partial charge in [0.25, 0.3) is 0 Å². The van der Waals surface area contributed by atoms with Crippen molar-refractivity contribution in [3.63, 3.8) is 0 Å². The average molecular weight is 281 g/mol. The lowest BCUT2D eigenvalue weighted by Gasteiger charge is -2.37. The van der Waals surface area contributed by atoms with E-state index in [9.17, 15) is 4.79 Å². The lowest BCUT2D eigenvalue weighted by atomic mass is 9.95. The van der Waals surface area contributed by atoms with Crippen LogP contribution in [0.3, 0.4) is 0 Å². The zero-order valence-corrected chi connectivity index (χ0v) is 13.5. The Bertz CT molecular complexity index is 322. The van der Waals surface area contributed by atoms with Crippen molar-refractivity contribution in [3.05, 3.63) is 12.7 Å². The molecule has 116 valence electrons. The van der Waals surface area contributed by atoms with Gasteiger partial charge in [0.05, 0.1) is 6.04 Å². The molecule has 1 rings (SSSR count). The standard InChI is InChI=1S/C16H31N3O/c1-6-9-17-15(20)13(2)19-10-7-8-14(12-19)11-18-16(3,4)5/h6,13-14,18H,1,7-12H2,2-5H3,(H,17,20). The van der Waals surface area contributed by atoms with E-state index in [-0.39, 0.29) is 17.5 Å². The van der Waals surface area contributed by atoms with Crippen LogP contribution in [0.25, 0.3) is 0 Å². The van der Waals surface area contributed by atoms with Gasteiger partial charge >= 0.3 is 0 Å². The van der Waals surface area contributed by atoms with E-state index in [1.165, 1.54) is 12.8 Å².